The molecule has 1 rings (SSSR count). The third-order valence-corrected chi connectivity index (χ3v) is 16.2. The summed E-state index contributed by atoms with van der Waals surface area (Å²) in [5.74, 6) is 0. The predicted octanol–water partition coefficient (Wildman–Crippen LogP) is 2.93. The Labute approximate surface area is 109 Å². The van der Waals surface area contributed by atoms with Crippen molar-refractivity contribution in [1.82, 2.24) is 0 Å². The summed E-state index contributed by atoms with van der Waals surface area (Å²) < 4.78 is 16.2. The fourth-order valence-electron chi connectivity index (χ4n) is 2.17. The second kappa shape index (κ2) is 8.51. The van der Waals surface area contributed by atoms with E-state index >= 15 is 0 Å². The molecule has 0 aromatic carbocycles. The average Bonchev–Trinajstić information content (AvgIpc) is 3.18. The molecule has 0 saturated carbocycles. The van der Waals surface area contributed by atoms with Crippen molar-refractivity contribution in [3.8, 4) is 0 Å². The molecule has 1 aliphatic heterocycles. The van der Waals surface area contributed by atoms with Gasteiger partial charge >= 0.3 is 108 Å². The summed E-state index contributed by atoms with van der Waals surface area (Å²) in [7, 11) is 0. The van der Waals surface area contributed by atoms with Crippen molar-refractivity contribution in [2.24, 2.45) is 0 Å². The van der Waals surface area contributed by atoms with Crippen molar-refractivity contribution in [3.05, 3.63) is 0 Å². The standard InChI is InChI=1S/C13H28GeO3/c1-4-14(5-2,6-3)7-8-15-9-10-16-11-13-12-17-13/h13H,4-12H2,1-3H3. The fourth-order valence-corrected chi connectivity index (χ4v) is 8.75. The van der Waals surface area contributed by atoms with Gasteiger partial charge in [-0.3, -0.25) is 0 Å². The van der Waals surface area contributed by atoms with Crippen LogP contribution in [0.15, 0.2) is 0 Å². The zero-order valence-electron chi connectivity index (χ0n) is 11.7. The average molecular weight is 305 g/mol. The SMILES string of the molecule is C[CH2][Ge]([CH2]C)([CH2]C)[CH2]COCCOCC1CO1. The maximum absolute atomic E-state index is 5.68. The molecule has 0 aromatic rings. The fraction of sp³-hybridized carbons (Fsp3) is 1.00. The van der Waals surface area contributed by atoms with Crippen molar-refractivity contribution < 1.29 is 14.2 Å². The van der Waals surface area contributed by atoms with Crippen LogP contribution in [0.1, 0.15) is 20.8 Å². The molecule has 102 valence electrons. The molecule has 3 nitrogen and oxygen atoms in total. The van der Waals surface area contributed by atoms with Crippen LogP contribution in [0.3, 0.4) is 0 Å². The Morgan fingerprint density at radius 2 is 1.59 bits per heavy atom. The molecule has 4 heteroatoms. The Balaban J connectivity index is 1.93. The molecule has 0 spiro atoms. The van der Waals surface area contributed by atoms with E-state index in [0.29, 0.717) is 12.7 Å². The third kappa shape index (κ3) is 6.23. The van der Waals surface area contributed by atoms with Crippen LogP contribution in [0.5, 0.6) is 0 Å². The van der Waals surface area contributed by atoms with Gasteiger partial charge < -0.3 is 0 Å². The summed E-state index contributed by atoms with van der Waals surface area (Å²) in [4.78, 5) is 0. The first-order valence-corrected chi connectivity index (χ1v) is 13.0. The zero-order valence-corrected chi connectivity index (χ0v) is 13.8. The summed E-state index contributed by atoms with van der Waals surface area (Å²) in [6, 6.07) is 0. The summed E-state index contributed by atoms with van der Waals surface area (Å²) in [5, 5.41) is 5.67. The Morgan fingerprint density at radius 3 is 2.12 bits per heavy atom. The number of hydrogen-bond donors (Lipinski definition) is 0. The summed E-state index contributed by atoms with van der Waals surface area (Å²) in [6.45, 7) is 11.1. The molecule has 1 heterocycles. The quantitative estimate of drug-likeness (QED) is 0.334. The van der Waals surface area contributed by atoms with Gasteiger partial charge in [-0.15, -0.1) is 0 Å². The second-order valence-corrected chi connectivity index (χ2v) is 16.7. The first-order valence-electron chi connectivity index (χ1n) is 7.03. The van der Waals surface area contributed by atoms with E-state index in [4.69, 9.17) is 14.2 Å². The van der Waals surface area contributed by atoms with Gasteiger partial charge in [-0.25, -0.2) is 0 Å². The number of epoxide rings is 1. The van der Waals surface area contributed by atoms with Crippen molar-refractivity contribution in [1.29, 1.82) is 0 Å². The van der Waals surface area contributed by atoms with Gasteiger partial charge in [-0.1, -0.05) is 0 Å². The van der Waals surface area contributed by atoms with Crippen LogP contribution in [-0.2, 0) is 14.2 Å². The first-order chi connectivity index (χ1) is 8.26. The van der Waals surface area contributed by atoms with Crippen LogP contribution in [-0.4, -0.2) is 52.4 Å². The van der Waals surface area contributed by atoms with E-state index in [1.807, 2.05) is 0 Å². The molecule has 1 atom stereocenters. The number of rotatable bonds is 11. The maximum atomic E-state index is 5.68. The van der Waals surface area contributed by atoms with Gasteiger partial charge in [0.2, 0.25) is 0 Å². The van der Waals surface area contributed by atoms with Gasteiger partial charge in [0, 0.05) is 0 Å². The van der Waals surface area contributed by atoms with Gasteiger partial charge in [-0.05, 0) is 0 Å². The first kappa shape index (κ1) is 15.5. The van der Waals surface area contributed by atoms with Gasteiger partial charge in [0.15, 0.2) is 0 Å². The molecule has 1 fully saturated rings. The molecule has 0 aromatic heterocycles. The van der Waals surface area contributed by atoms with E-state index in [-0.39, 0.29) is 0 Å². The van der Waals surface area contributed by atoms with Crippen molar-refractivity contribution >= 4 is 13.3 Å². The van der Waals surface area contributed by atoms with E-state index in [0.717, 1.165) is 26.4 Å². The number of hydrogen-bond acceptors (Lipinski definition) is 3. The second-order valence-electron chi connectivity index (χ2n) is 4.95. The monoisotopic (exact) mass is 306 g/mol. The van der Waals surface area contributed by atoms with Crippen molar-refractivity contribution in [2.75, 3.05) is 33.0 Å². The van der Waals surface area contributed by atoms with E-state index in [1.54, 1.807) is 0 Å². The summed E-state index contributed by atoms with van der Waals surface area (Å²) in [6.07, 6.45) is 0.373. The molecular weight excluding hydrogens is 277 g/mol. The molecule has 0 N–H and O–H groups in total. The normalized spacial score (nSPS) is 19.6. The summed E-state index contributed by atoms with van der Waals surface area (Å²) in [5.41, 5.74) is 0. The Bertz CT molecular complexity index is 183. The van der Waals surface area contributed by atoms with Gasteiger partial charge in [-0.2, -0.15) is 0 Å². The van der Waals surface area contributed by atoms with E-state index in [1.165, 1.54) is 21.0 Å². The Morgan fingerprint density at radius 1 is 1.00 bits per heavy atom. The molecule has 0 amide bonds. The summed E-state index contributed by atoms with van der Waals surface area (Å²) >= 11 is -1.49. The minimum atomic E-state index is -1.49. The van der Waals surface area contributed by atoms with Crippen LogP contribution in [0.25, 0.3) is 0 Å². The van der Waals surface area contributed by atoms with E-state index in [2.05, 4.69) is 20.8 Å². The topological polar surface area (TPSA) is 31.0 Å². The van der Waals surface area contributed by atoms with Crippen LogP contribution in [0, 0.1) is 0 Å². The van der Waals surface area contributed by atoms with Crippen molar-refractivity contribution in [3.63, 3.8) is 0 Å². The molecular formula is C13H28GeO3. The van der Waals surface area contributed by atoms with E-state index < -0.39 is 13.3 Å². The zero-order chi connectivity index (χ0) is 12.6. The van der Waals surface area contributed by atoms with E-state index in [9.17, 15) is 0 Å². The molecule has 17 heavy (non-hydrogen) atoms. The Hall–Kier alpha value is 0.423. The third-order valence-electron chi connectivity index (χ3n) is 4.10. The molecule has 0 radical (unpaired) electrons. The van der Waals surface area contributed by atoms with Crippen molar-refractivity contribution in [2.45, 2.75) is 47.9 Å². The van der Waals surface area contributed by atoms with Crippen LogP contribution < -0.4 is 0 Å². The van der Waals surface area contributed by atoms with Gasteiger partial charge in [0.05, 0.1) is 0 Å². The predicted molar refractivity (Wildman–Crippen MR) is 73.4 cm³/mol. The van der Waals surface area contributed by atoms with Crippen LogP contribution >= 0.6 is 0 Å². The number of ether oxygens (including phenoxy) is 3. The molecule has 1 unspecified atom stereocenters. The molecule has 1 aliphatic rings. The molecule has 1 saturated heterocycles. The van der Waals surface area contributed by atoms with Gasteiger partial charge in [0.1, 0.15) is 0 Å². The van der Waals surface area contributed by atoms with Crippen LogP contribution in [0.2, 0.25) is 21.0 Å². The molecule has 0 aliphatic carbocycles. The minimum absolute atomic E-state index is 0.373. The Kier molecular flexibility index (Phi) is 7.75. The van der Waals surface area contributed by atoms with Gasteiger partial charge in [0.25, 0.3) is 0 Å². The molecule has 0 bridgehead atoms. The van der Waals surface area contributed by atoms with Crippen LogP contribution in [0.4, 0.5) is 0 Å².